The molecular weight excluding hydrogens is 624 g/mol. The van der Waals surface area contributed by atoms with Gasteiger partial charge in [0.1, 0.15) is 30.5 Å². The molecule has 1 aromatic rings. The van der Waals surface area contributed by atoms with Gasteiger partial charge in [0.05, 0.1) is 49.3 Å². The second-order valence-electron chi connectivity index (χ2n) is 12.5. The predicted octanol–water partition coefficient (Wildman–Crippen LogP) is -1.63. The fourth-order valence-corrected chi connectivity index (χ4v) is 6.99. The van der Waals surface area contributed by atoms with Crippen molar-refractivity contribution in [3.05, 3.63) is 54.3 Å². The van der Waals surface area contributed by atoms with E-state index in [4.69, 9.17) is 33.2 Å². The Morgan fingerprint density at radius 3 is 2.21 bits per heavy atom. The van der Waals surface area contributed by atoms with Crippen molar-refractivity contribution in [1.82, 2.24) is 0 Å². The number of esters is 2. The molecule has 0 bridgehead atoms. The molecule has 15 heteroatoms. The van der Waals surface area contributed by atoms with Crippen LogP contribution in [0.1, 0.15) is 19.4 Å². The molecule has 0 spiro atoms. The van der Waals surface area contributed by atoms with Gasteiger partial charge in [-0.3, -0.25) is 4.79 Å². The van der Waals surface area contributed by atoms with E-state index in [0.717, 1.165) is 12.5 Å². The van der Waals surface area contributed by atoms with Crippen LogP contribution in [0.2, 0.25) is 0 Å². The highest BCUT2D eigenvalue weighted by atomic mass is 16.7. The number of fused-ring (bicyclic) bond motifs is 3. The van der Waals surface area contributed by atoms with E-state index in [9.17, 15) is 40.2 Å². The summed E-state index contributed by atoms with van der Waals surface area (Å²) in [6.45, 7) is 2.08. The number of carbonyl (C=O) groups is 2. The summed E-state index contributed by atoms with van der Waals surface area (Å²) in [4.78, 5) is 25.0. The molecule has 2 aliphatic carbocycles. The van der Waals surface area contributed by atoms with Crippen molar-refractivity contribution in [1.29, 1.82) is 0 Å². The minimum absolute atomic E-state index is 0.426. The Kier molecular flexibility index (Phi) is 10.0. The van der Waals surface area contributed by atoms with Crippen molar-refractivity contribution < 1.29 is 73.4 Å². The first-order valence-electron chi connectivity index (χ1n) is 15.6. The summed E-state index contributed by atoms with van der Waals surface area (Å²) in [5, 5.41) is 62.3. The molecule has 0 aromatic heterocycles. The minimum Gasteiger partial charge on any atom is -0.472 e. The Balaban J connectivity index is 1.18. The normalized spacial score (nSPS) is 45.5. The van der Waals surface area contributed by atoms with Crippen LogP contribution >= 0.6 is 0 Å². The fourth-order valence-electron chi connectivity index (χ4n) is 6.99. The van der Waals surface area contributed by atoms with Crippen molar-refractivity contribution >= 4 is 18.0 Å². The van der Waals surface area contributed by atoms with E-state index in [0.29, 0.717) is 0 Å². The van der Waals surface area contributed by atoms with Crippen LogP contribution in [0.4, 0.5) is 0 Å². The molecule has 15 nitrogen and oxygen atoms in total. The largest absolute Gasteiger partial charge is 0.472 e. The Morgan fingerprint density at radius 2 is 1.51 bits per heavy atom. The summed E-state index contributed by atoms with van der Waals surface area (Å²) in [6.07, 6.45) is -11.0. The highest BCUT2D eigenvalue weighted by Crippen LogP contribution is 2.53. The average molecular weight is 665 g/mol. The zero-order valence-electron chi connectivity index (χ0n) is 25.6. The molecule has 258 valence electrons. The van der Waals surface area contributed by atoms with E-state index in [2.05, 4.69) is 0 Å². The second-order valence-corrected chi connectivity index (χ2v) is 12.5. The lowest BCUT2D eigenvalue weighted by Crippen LogP contribution is -2.63. The maximum atomic E-state index is 12.8. The molecule has 0 radical (unpaired) electrons. The van der Waals surface area contributed by atoms with Gasteiger partial charge in [-0.25, -0.2) is 4.79 Å². The highest BCUT2D eigenvalue weighted by Gasteiger charge is 2.67. The summed E-state index contributed by atoms with van der Waals surface area (Å²) in [7, 11) is 0. The highest BCUT2D eigenvalue weighted by molar-refractivity contribution is 5.87. The maximum absolute atomic E-state index is 12.8. The van der Waals surface area contributed by atoms with Crippen LogP contribution in [0.3, 0.4) is 0 Å². The van der Waals surface area contributed by atoms with Crippen molar-refractivity contribution in [2.24, 2.45) is 17.8 Å². The van der Waals surface area contributed by atoms with Gasteiger partial charge in [0.25, 0.3) is 0 Å². The predicted molar refractivity (Wildman–Crippen MR) is 155 cm³/mol. The molecular formula is C32H40O15. The summed E-state index contributed by atoms with van der Waals surface area (Å²) >= 11 is 0. The topological polar surface area (TPSA) is 223 Å². The zero-order valence-corrected chi connectivity index (χ0v) is 25.6. The first kappa shape index (κ1) is 33.9. The lowest BCUT2D eigenvalue weighted by molar-refractivity contribution is -0.315. The van der Waals surface area contributed by atoms with Gasteiger partial charge < -0.3 is 63.8 Å². The van der Waals surface area contributed by atoms with Crippen LogP contribution in [-0.2, 0) is 42.7 Å². The third-order valence-electron chi connectivity index (χ3n) is 9.48. The molecule has 3 heterocycles. The van der Waals surface area contributed by atoms with Gasteiger partial charge in [0.15, 0.2) is 18.5 Å². The third kappa shape index (κ3) is 6.70. The van der Waals surface area contributed by atoms with Crippen LogP contribution in [0, 0.1) is 17.8 Å². The number of hydrogen-bond donors (Lipinski definition) is 6. The molecule has 5 aliphatic rings. The molecule has 6 rings (SSSR count). The smallest absolute Gasteiger partial charge is 0.331 e. The van der Waals surface area contributed by atoms with Gasteiger partial charge in [0, 0.05) is 24.8 Å². The van der Waals surface area contributed by atoms with Crippen molar-refractivity contribution in [3.8, 4) is 0 Å². The lowest BCUT2D eigenvalue weighted by Gasteiger charge is -2.46. The number of epoxide rings is 1. The van der Waals surface area contributed by atoms with Crippen molar-refractivity contribution in [2.45, 2.75) is 99.7 Å². The Hall–Kier alpha value is -2.96. The van der Waals surface area contributed by atoms with Crippen LogP contribution in [-0.4, -0.2) is 135 Å². The Morgan fingerprint density at radius 1 is 0.809 bits per heavy atom. The van der Waals surface area contributed by atoms with Crippen molar-refractivity contribution in [3.63, 3.8) is 0 Å². The van der Waals surface area contributed by atoms with E-state index >= 15 is 0 Å². The SMILES string of the molecule is CC(=O)OC1C(OC2C3C=COC(OC4C(O)C(O)C(O)C(O)C4CO)C3C3OC23)OC(C)C(O)C1OC(=O)C=Cc1ccccc1. The van der Waals surface area contributed by atoms with Crippen LogP contribution < -0.4 is 0 Å². The average Bonchev–Trinajstić information content (AvgIpc) is 3.78. The van der Waals surface area contributed by atoms with Crippen molar-refractivity contribution in [2.75, 3.05) is 6.61 Å². The molecule has 6 N–H and O–H groups in total. The summed E-state index contributed by atoms with van der Waals surface area (Å²) in [6, 6.07) is 9.04. The van der Waals surface area contributed by atoms with Gasteiger partial charge in [-0.1, -0.05) is 30.3 Å². The summed E-state index contributed by atoms with van der Waals surface area (Å²) in [5.41, 5.74) is 0.750. The van der Waals surface area contributed by atoms with Crippen LogP contribution in [0.25, 0.3) is 6.08 Å². The number of ether oxygens (including phenoxy) is 7. The maximum Gasteiger partial charge on any atom is 0.331 e. The molecule has 4 fully saturated rings. The molecule has 2 saturated carbocycles. The number of rotatable bonds is 9. The fraction of sp³-hybridized carbons (Fsp3) is 0.625. The molecule has 17 unspecified atom stereocenters. The number of benzene rings is 1. The van der Waals surface area contributed by atoms with Gasteiger partial charge in [-0.15, -0.1) is 0 Å². The number of carbonyl (C=O) groups excluding carboxylic acids is 2. The Bertz CT molecular complexity index is 1320. The minimum atomic E-state index is -1.73. The molecule has 17 atom stereocenters. The monoisotopic (exact) mass is 664 g/mol. The third-order valence-corrected chi connectivity index (χ3v) is 9.48. The summed E-state index contributed by atoms with van der Waals surface area (Å²) < 4.78 is 41.1. The second kappa shape index (κ2) is 13.9. The van der Waals surface area contributed by atoms with Gasteiger partial charge in [-0.05, 0) is 24.6 Å². The summed E-state index contributed by atoms with van der Waals surface area (Å²) in [5.74, 6) is -3.58. The first-order valence-corrected chi connectivity index (χ1v) is 15.6. The molecule has 47 heavy (non-hydrogen) atoms. The van der Waals surface area contributed by atoms with E-state index in [-0.39, 0.29) is 0 Å². The van der Waals surface area contributed by atoms with E-state index < -0.39 is 122 Å². The lowest BCUT2D eigenvalue weighted by atomic mass is 9.78. The first-order chi connectivity index (χ1) is 22.5. The van der Waals surface area contributed by atoms with Gasteiger partial charge in [0.2, 0.25) is 6.29 Å². The van der Waals surface area contributed by atoms with Crippen LogP contribution in [0.5, 0.6) is 0 Å². The number of hydrogen-bond acceptors (Lipinski definition) is 15. The van der Waals surface area contributed by atoms with Gasteiger partial charge in [-0.2, -0.15) is 0 Å². The van der Waals surface area contributed by atoms with Gasteiger partial charge >= 0.3 is 11.9 Å². The quantitative estimate of drug-likeness (QED) is 0.0991. The molecule has 0 amide bonds. The van der Waals surface area contributed by atoms with Crippen LogP contribution in [0.15, 0.2) is 48.7 Å². The Labute approximate surface area is 269 Å². The van der Waals surface area contributed by atoms with E-state index in [1.54, 1.807) is 31.2 Å². The molecule has 1 aromatic carbocycles. The van der Waals surface area contributed by atoms with E-state index in [1.165, 1.54) is 12.3 Å². The standard InChI is InChI=1S/C32H40O15/c1-13-20(36)28(44-18(35)9-8-15-6-4-3-5-7-15)30(43-14(2)34)32(42-13)47-26-16-10-11-41-31(19(16)27-29(26)45-27)46-25-17(12-33)21(37)22(38)23(39)24(25)40/h3-11,13,16-17,19-33,36-40H,12H2,1-2H3. The van der Waals surface area contributed by atoms with E-state index in [1.807, 2.05) is 18.2 Å². The molecule has 3 aliphatic heterocycles. The number of aliphatic hydroxyl groups excluding tert-OH is 6. The molecule has 2 saturated heterocycles. The number of aliphatic hydroxyl groups is 6. The zero-order chi connectivity index (χ0) is 33.6.